The van der Waals surface area contributed by atoms with Crippen molar-refractivity contribution in [1.82, 2.24) is 0 Å². The van der Waals surface area contributed by atoms with Gasteiger partial charge >= 0.3 is 0 Å². The summed E-state index contributed by atoms with van der Waals surface area (Å²) < 4.78 is 61.0. The Morgan fingerprint density at radius 1 is 0.619 bits per heavy atom. The zero-order chi connectivity index (χ0) is 16.5. The largest absolute Gasteiger partial charge is 0.235 e. The number of hydrogen-bond acceptors (Lipinski definition) is 6. The van der Waals surface area contributed by atoms with Crippen LogP contribution in [0.25, 0.3) is 0 Å². The molecule has 0 aromatic carbocycles. The highest BCUT2D eigenvalue weighted by Gasteiger charge is 2.34. The maximum Gasteiger partial charge on any atom is 0.235 e. The predicted octanol–water partition coefficient (Wildman–Crippen LogP) is -0.408. The van der Waals surface area contributed by atoms with Crippen LogP contribution in [0.4, 0.5) is 0 Å². The van der Waals surface area contributed by atoms with Crippen LogP contribution in [0.15, 0.2) is 0 Å². The van der Waals surface area contributed by atoms with Gasteiger partial charge < -0.3 is 0 Å². The van der Waals surface area contributed by atoms with Crippen LogP contribution in [-0.2, 0) is 29.1 Å². The van der Waals surface area contributed by atoms with E-state index >= 15 is 0 Å². The number of primary sulfonamides is 2. The van der Waals surface area contributed by atoms with E-state index in [1.54, 1.807) is 0 Å². The van der Waals surface area contributed by atoms with Crippen LogP contribution in [0, 0.1) is 0 Å². The standard InChI is InChI=1S/C3H5ClO2S.2C3H7NO2S/c3*4-7(5,6)3-1-2-3/h3H,1-2H2;2*3H,1-2H2,(H2,4,5,6). The summed E-state index contributed by atoms with van der Waals surface area (Å²) in [6.07, 6.45) is 4.56. The number of sulfonamides is 2. The summed E-state index contributed by atoms with van der Waals surface area (Å²) in [7, 11) is -4.51. The molecule has 0 amide bonds. The summed E-state index contributed by atoms with van der Waals surface area (Å²) in [5, 5.41) is 8.81. The predicted molar refractivity (Wildman–Crippen MR) is 80.1 cm³/mol. The van der Waals surface area contributed by atoms with Gasteiger partial charge in [0.2, 0.25) is 29.1 Å². The summed E-state index contributed by atoms with van der Waals surface area (Å²) >= 11 is 0. The summed E-state index contributed by atoms with van der Waals surface area (Å²) in [4.78, 5) is 0. The second-order valence-electron chi connectivity index (χ2n) is 5.25. The fraction of sp³-hybridized carbons (Fsp3) is 1.00. The average Bonchev–Trinajstić information content (AvgIpc) is 3.16. The van der Waals surface area contributed by atoms with Crippen LogP contribution in [0.5, 0.6) is 0 Å². The molecule has 3 fully saturated rings. The Kier molecular flexibility index (Phi) is 6.07. The van der Waals surface area contributed by atoms with E-state index < -0.39 is 29.1 Å². The average molecular weight is 383 g/mol. The van der Waals surface area contributed by atoms with Gasteiger partial charge in [-0.25, -0.2) is 35.5 Å². The topological polar surface area (TPSA) is 154 Å². The number of hydrogen-bond donors (Lipinski definition) is 2. The van der Waals surface area contributed by atoms with E-state index in [4.69, 9.17) is 21.0 Å². The van der Waals surface area contributed by atoms with E-state index in [1.165, 1.54) is 0 Å². The molecule has 0 saturated heterocycles. The lowest BCUT2D eigenvalue weighted by atomic mass is 11.0. The van der Waals surface area contributed by atoms with Gasteiger partial charge in [0, 0.05) is 10.7 Å². The van der Waals surface area contributed by atoms with Crippen LogP contribution in [0.2, 0.25) is 0 Å². The normalized spacial score (nSPS) is 22.4. The first-order valence-electron chi connectivity index (χ1n) is 6.28. The number of nitrogens with two attached hydrogens (primary N) is 2. The second kappa shape index (κ2) is 6.67. The highest BCUT2D eigenvalue weighted by Crippen LogP contribution is 2.30. The van der Waals surface area contributed by atoms with E-state index in [-0.39, 0.29) is 15.7 Å². The first kappa shape index (κ1) is 19.1. The Labute approximate surface area is 129 Å². The van der Waals surface area contributed by atoms with Gasteiger partial charge in [0.15, 0.2) is 0 Å². The molecule has 3 saturated carbocycles. The van der Waals surface area contributed by atoms with E-state index in [0.717, 1.165) is 38.5 Å². The number of rotatable bonds is 3. The second-order valence-corrected chi connectivity index (χ2v) is 11.8. The molecule has 3 aliphatic rings. The van der Waals surface area contributed by atoms with Crippen molar-refractivity contribution in [3.8, 4) is 0 Å². The molecule has 21 heavy (non-hydrogen) atoms. The molecule has 0 spiro atoms. The van der Waals surface area contributed by atoms with Crippen molar-refractivity contribution in [2.75, 3.05) is 0 Å². The molecule has 0 radical (unpaired) electrons. The SMILES string of the molecule is NS(=O)(=O)C1CC1.NS(=O)(=O)C1CC1.O=S(=O)(Cl)C1CC1. The van der Waals surface area contributed by atoms with Gasteiger partial charge in [-0.2, -0.15) is 0 Å². The molecular formula is C9H19ClN2O6S3. The van der Waals surface area contributed by atoms with Crippen molar-refractivity contribution in [2.45, 2.75) is 54.3 Å². The van der Waals surface area contributed by atoms with E-state index in [0.29, 0.717) is 0 Å². The van der Waals surface area contributed by atoms with E-state index in [2.05, 4.69) is 0 Å². The molecule has 0 aliphatic heterocycles. The summed E-state index contributed by atoms with van der Waals surface area (Å²) in [5.41, 5.74) is 0. The van der Waals surface area contributed by atoms with Crippen LogP contribution in [0.1, 0.15) is 38.5 Å². The van der Waals surface area contributed by atoms with Gasteiger partial charge in [-0.3, -0.25) is 0 Å². The van der Waals surface area contributed by atoms with Gasteiger partial charge in [0.1, 0.15) is 0 Å². The molecule has 126 valence electrons. The summed E-state index contributed by atoms with van der Waals surface area (Å²) in [6.45, 7) is 0. The van der Waals surface area contributed by atoms with Gasteiger partial charge in [-0.1, -0.05) is 0 Å². The molecule has 0 unspecified atom stereocenters. The molecular weight excluding hydrogens is 364 g/mol. The maximum absolute atomic E-state index is 10.2. The lowest BCUT2D eigenvalue weighted by molar-refractivity contribution is 0.594. The quantitative estimate of drug-likeness (QED) is 0.632. The summed E-state index contributed by atoms with van der Waals surface area (Å²) in [5.74, 6) is 0. The molecule has 0 atom stereocenters. The van der Waals surface area contributed by atoms with Gasteiger partial charge in [0.05, 0.1) is 15.7 Å². The monoisotopic (exact) mass is 382 g/mol. The van der Waals surface area contributed by atoms with Crippen molar-refractivity contribution >= 4 is 39.8 Å². The molecule has 0 bridgehead atoms. The van der Waals surface area contributed by atoms with Gasteiger partial charge in [-0.15, -0.1) is 0 Å². The fourth-order valence-corrected chi connectivity index (χ4v) is 3.96. The molecule has 3 aliphatic carbocycles. The highest BCUT2D eigenvalue weighted by molar-refractivity contribution is 8.14. The molecule has 0 heterocycles. The highest BCUT2D eigenvalue weighted by atomic mass is 35.7. The van der Waals surface area contributed by atoms with E-state index in [1.807, 2.05) is 0 Å². The fourth-order valence-electron chi connectivity index (χ4n) is 1.14. The molecule has 12 heteroatoms. The summed E-state index contributed by atoms with van der Waals surface area (Å²) in [6, 6.07) is 0. The first-order chi connectivity index (χ1) is 9.32. The van der Waals surface area contributed by atoms with Crippen LogP contribution in [0.3, 0.4) is 0 Å². The molecule has 0 aromatic rings. The third-order valence-corrected chi connectivity index (χ3v) is 7.73. The smallest absolute Gasteiger partial charge is 0.228 e. The third-order valence-electron chi connectivity index (χ3n) is 2.90. The van der Waals surface area contributed by atoms with Crippen LogP contribution < -0.4 is 10.3 Å². The maximum atomic E-state index is 10.2. The minimum absolute atomic E-state index is 0.201. The van der Waals surface area contributed by atoms with E-state index in [9.17, 15) is 25.3 Å². The van der Waals surface area contributed by atoms with Gasteiger partial charge in [-0.05, 0) is 38.5 Å². The number of halogens is 1. The first-order valence-corrected chi connectivity index (χ1v) is 11.9. The Balaban J connectivity index is 0.000000157. The van der Waals surface area contributed by atoms with Gasteiger partial charge in [0.25, 0.3) is 0 Å². The lowest BCUT2D eigenvalue weighted by Crippen LogP contribution is -2.16. The minimum atomic E-state index is -3.16. The van der Waals surface area contributed by atoms with Crippen molar-refractivity contribution in [1.29, 1.82) is 0 Å². The lowest BCUT2D eigenvalue weighted by Gasteiger charge is -1.84. The Hall–Kier alpha value is 0.0600. The Bertz CT molecular complexity index is 565. The third kappa shape index (κ3) is 8.94. The zero-order valence-electron chi connectivity index (χ0n) is 11.2. The van der Waals surface area contributed by atoms with Crippen molar-refractivity contribution in [3.05, 3.63) is 0 Å². The molecule has 0 aromatic heterocycles. The van der Waals surface area contributed by atoms with Crippen molar-refractivity contribution < 1.29 is 25.3 Å². The van der Waals surface area contributed by atoms with Crippen LogP contribution >= 0.6 is 10.7 Å². The minimum Gasteiger partial charge on any atom is -0.228 e. The molecule has 4 N–H and O–H groups in total. The van der Waals surface area contributed by atoms with Crippen molar-refractivity contribution in [3.63, 3.8) is 0 Å². The van der Waals surface area contributed by atoms with Crippen LogP contribution in [-0.4, -0.2) is 41.0 Å². The van der Waals surface area contributed by atoms with Crippen molar-refractivity contribution in [2.24, 2.45) is 10.3 Å². The Morgan fingerprint density at radius 2 is 0.857 bits per heavy atom. The molecule has 8 nitrogen and oxygen atoms in total. The zero-order valence-corrected chi connectivity index (χ0v) is 14.4. The molecule has 3 rings (SSSR count). The Morgan fingerprint density at radius 3 is 0.857 bits per heavy atom.